The Kier molecular flexibility index (Phi) is 3.66. The Balaban J connectivity index is 2.11. The quantitative estimate of drug-likeness (QED) is 0.885. The summed E-state index contributed by atoms with van der Waals surface area (Å²) in [5.41, 5.74) is 6.59. The summed E-state index contributed by atoms with van der Waals surface area (Å²) in [5, 5.41) is 8.93. The molecule has 0 aromatic carbocycles. The fourth-order valence-electron chi connectivity index (χ4n) is 3.13. The maximum atomic E-state index is 8.93. The van der Waals surface area contributed by atoms with E-state index >= 15 is 0 Å². The summed E-state index contributed by atoms with van der Waals surface area (Å²) in [7, 11) is 0. The molecule has 1 aromatic heterocycles. The van der Waals surface area contributed by atoms with E-state index in [2.05, 4.69) is 25.8 Å². The smallest absolute Gasteiger partial charge is 0.214 e. The van der Waals surface area contributed by atoms with Gasteiger partial charge in [0.2, 0.25) is 5.88 Å². The second-order valence-corrected chi connectivity index (χ2v) is 6.35. The fraction of sp³-hybridized carbons (Fsp3) is 0.600. The van der Waals surface area contributed by atoms with Crippen molar-refractivity contribution in [1.82, 2.24) is 4.98 Å². The number of ether oxygens (including phenoxy) is 1. The lowest BCUT2D eigenvalue weighted by Crippen LogP contribution is -2.34. The second kappa shape index (κ2) is 5.08. The van der Waals surface area contributed by atoms with Gasteiger partial charge in [0.05, 0.1) is 5.69 Å². The first-order chi connectivity index (χ1) is 8.89. The van der Waals surface area contributed by atoms with Gasteiger partial charge in [0.1, 0.15) is 12.2 Å². The topological polar surface area (TPSA) is 71.9 Å². The molecule has 4 heteroatoms. The van der Waals surface area contributed by atoms with Gasteiger partial charge in [-0.25, -0.2) is 4.98 Å². The number of hydrogen-bond donors (Lipinski definition) is 1. The molecule has 4 nitrogen and oxygen atoms in total. The molecule has 1 aromatic rings. The maximum absolute atomic E-state index is 8.93. The lowest BCUT2D eigenvalue weighted by Gasteiger charge is -2.38. The van der Waals surface area contributed by atoms with Crippen molar-refractivity contribution in [2.45, 2.75) is 46.1 Å². The zero-order chi connectivity index (χ0) is 14.0. The van der Waals surface area contributed by atoms with Crippen LogP contribution in [0.3, 0.4) is 0 Å². The number of nitriles is 1. The first-order valence-electron chi connectivity index (χ1n) is 6.73. The van der Waals surface area contributed by atoms with Crippen LogP contribution in [0.2, 0.25) is 0 Å². The van der Waals surface area contributed by atoms with E-state index in [-0.39, 0.29) is 11.8 Å². The van der Waals surface area contributed by atoms with E-state index in [1.54, 1.807) is 12.1 Å². The first-order valence-corrected chi connectivity index (χ1v) is 6.73. The monoisotopic (exact) mass is 259 g/mol. The van der Waals surface area contributed by atoms with Crippen LogP contribution in [0.25, 0.3) is 0 Å². The van der Waals surface area contributed by atoms with Crippen LogP contribution in [0.4, 0.5) is 5.69 Å². The zero-order valence-electron chi connectivity index (χ0n) is 11.8. The van der Waals surface area contributed by atoms with Crippen LogP contribution in [-0.4, -0.2) is 11.1 Å². The highest BCUT2D eigenvalue weighted by molar-refractivity contribution is 5.50. The third kappa shape index (κ3) is 3.37. The molecule has 0 aliphatic heterocycles. The highest BCUT2D eigenvalue weighted by atomic mass is 16.5. The predicted octanol–water partition coefficient (Wildman–Crippen LogP) is 3.13. The van der Waals surface area contributed by atoms with Crippen molar-refractivity contribution < 1.29 is 4.74 Å². The molecule has 0 saturated heterocycles. The molecule has 0 radical (unpaired) electrons. The molecule has 1 aliphatic carbocycles. The van der Waals surface area contributed by atoms with Crippen molar-refractivity contribution in [3.8, 4) is 11.9 Å². The van der Waals surface area contributed by atoms with E-state index in [0.717, 1.165) is 12.8 Å². The minimum atomic E-state index is 0.168. The number of nitrogen functional groups attached to an aromatic ring is 1. The summed E-state index contributed by atoms with van der Waals surface area (Å²) in [6.07, 6.45) is 3.45. The van der Waals surface area contributed by atoms with Crippen molar-refractivity contribution in [1.29, 1.82) is 5.26 Å². The lowest BCUT2D eigenvalue weighted by atomic mass is 9.71. The van der Waals surface area contributed by atoms with Crippen LogP contribution < -0.4 is 10.5 Å². The van der Waals surface area contributed by atoms with E-state index < -0.39 is 0 Å². The van der Waals surface area contributed by atoms with Crippen LogP contribution in [0.1, 0.15) is 45.7 Å². The van der Waals surface area contributed by atoms with Crippen molar-refractivity contribution in [2.75, 3.05) is 5.73 Å². The number of aromatic nitrogens is 1. The van der Waals surface area contributed by atoms with Crippen molar-refractivity contribution in [2.24, 2.45) is 11.3 Å². The average Bonchev–Trinajstić information content (AvgIpc) is 2.29. The summed E-state index contributed by atoms with van der Waals surface area (Å²) in [6.45, 7) is 6.81. The molecule has 1 fully saturated rings. The third-order valence-corrected chi connectivity index (χ3v) is 3.64. The fourth-order valence-corrected chi connectivity index (χ4v) is 3.13. The molecular weight excluding hydrogens is 238 g/mol. The van der Waals surface area contributed by atoms with Gasteiger partial charge in [-0.15, -0.1) is 0 Å². The van der Waals surface area contributed by atoms with Gasteiger partial charge in [-0.3, -0.25) is 0 Å². The largest absolute Gasteiger partial charge is 0.474 e. The van der Waals surface area contributed by atoms with Gasteiger partial charge in [0.15, 0.2) is 5.69 Å². The molecule has 0 spiro atoms. The summed E-state index contributed by atoms with van der Waals surface area (Å²) in [5.74, 6) is 1.15. The Morgan fingerprint density at radius 2 is 2.16 bits per heavy atom. The van der Waals surface area contributed by atoms with Crippen molar-refractivity contribution >= 4 is 5.69 Å². The average molecular weight is 259 g/mol. The summed E-state index contributed by atoms with van der Waals surface area (Å²) < 4.78 is 5.94. The molecule has 0 amide bonds. The first kappa shape index (κ1) is 13.7. The molecule has 2 rings (SSSR count). The number of rotatable bonds is 2. The Hall–Kier alpha value is -1.76. The Morgan fingerprint density at radius 1 is 1.42 bits per heavy atom. The second-order valence-electron chi connectivity index (χ2n) is 6.35. The van der Waals surface area contributed by atoms with Crippen molar-refractivity contribution in [3.05, 3.63) is 17.8 Å². The van der Waals surface area contributed by atoms with E-state index in [4.69, 9.17) is 15.7 Å². The molecule has 19 heavy (non-hydrogen) atoms. The normalized spacial score (nSPS) is 25.6. The number of hydrogen-bond acceptors (Lipinski definition) is 4. The van der Waals surface area contributed by atoms with Gasteiger partial charge in [0, 0.05) is 6.07 Å². The van der Waals surface area contributed by atoms with E-state index in [1.165, 1.54) is 6.42 Å². The molecule has 1 saturated carbocycles. The van der Waals surface area contributed by atoms with Crippen molar-refractivity contribution in [3.63, 3.8) is 0 Å². The van der Waals surface area contributed by atoms with Gasteiger partial charge in [-0.2, -0.15) is 5.26 Å². The van der Waals surface area contributed by atoms with E-state index in [1.807, 2.05) is 6.07 Å². The van der Waals surface area contributed by atoms with E-state index in [9.17, 15) is 0 Å². The molecule has 2 N–H and O–H groups in total. The maximum Gasteiger partial charge on any atom is 0.214 e. The van der Waals surface area contributed by atoms with Crippen LogP contribution in [-0.2, 0) is 0 Å². The predicted molar refractivity (Wildman–Crippen MR) is 74.6 cm³/mol. The molecule has 1 aliphatic rings. The lowest BCUT2D eigenvalue weighted by molar-refractivity contribution is 0.0532. The number of nitrogens with zero attached hydrogens (tertiary/aromatic N) is 2. The van der Waals surface area contributed by atoms with Gasteiger partial charge in [-0.1, -0.05) is 20.8 Å². The Labute approximate surface area is 114 Å². The highest BCUT2D eigenvalue weighted by Crippen LogP contribution is 2.39. The molecule has 102 valence electrons. The highest BCUT2D eigenvalue weighted by Gasteiger charge is 2.33. The minimum absolute atomic E-state index is 0.168. The van der Waals surface area contributed by atoms with Crippen LogP contribution in [0.15, 0.2) is 12.1 Å². The summed E-state index contributed by atoms with van der Waals surface area (Å²) in [4.78, 5) is 4.15. The molecule has 2 atom stereocenters. The Morgan fingerprint density at radius 3 is 2.79 bits per heavy atom. The summed E-state index contributed by atoms with van der Waals surface area (Å²) in [6, 6.07) is 5.40. The standard InChI is InChI=1S/C15H21N3O/c1-10-6-11(8-15(2,3)7-10)19-14-5-4-12(17)13(9-16)18-14/h4-5,10-11H,6-8,17H2,1-3H3. The van der Waals surface area contributed by atoms with Crippen LogP contribution >= 0.6 is 0 Å². The van der Waals surface area contributed by atoms with E-state index in [0.29, 0.717) is 22.9 Å². The number of pyridine rings is 1. The number of anilines is 1. The zero-order valence-corrected chi connectivity index (χ0v) is 11.8. The Bertz CT molecular complexity index is 505. The third-order valence-electron chi connectivity index (χ3n) is 3.64. The minimum Gasteiger partial charge on any atom is -0.474 e. The molecule has 1 heterocycles. The van der Waals surface area contributed by atoms with Gasteiger partial charge < -0.3 is 10.5 Å². The summed E-state index contributed by atoms with van der Waals surface area (Å²) >= 11 is 0. The van der Waals surface area contributed by atoms with Gasteiger partial charge >= 0.3 is 0 Å². The van der Waals surface area contributed by atoms with Crippen LogP contribution in [0.5, 0.6) is 5.88 Å². The SMILES string of the molecule is CC1CC(Oc2ccc(N)c(C#N)n2)CC(C)(C)C1. The van der Waals surface area contributed by atoms with Crippen LogP contribution in [0, 0.1) is 22.7 Å². The molecular formula is C15H21N3O. The molecule has 0 bridgehead atoms. The number of nitrogens with two attached hydrogens (primary N) is 1. The molecule has 2 unspecified atom stereocenters. The van der Waals surface area contributed by atoms with Gasteiger partial charge in [-0.05, 0) is 36.7 Å². The van der Waals surface area contributed by atoms with Gasteiger partial charge in [0.25, 0.3) is 0 Å².